The number of aryl methyl sites for hydroxylation is 1. The van der Waals surface area contributed by atoms with Crippen LogP contribution >= 0.6 is 15.9 Å². The van der Waals surface area contributed by atoms with Gasteiger partial charge in [-0.05, 0) is 45.8 Å². The van der Waals surface area contributed by atoms with Crippen LogP contribution in [0.4, 0.5) is 5.69 Å². The predicted molar refractivity (Wildman–Crippen MR) is 118 cm³/mol. The quantitative estimate of drug-likeness (QED) is 0.377. The normalized spacial score (nSPS) is 10.6. The van der Waals surface area contributed by atoms with Crippen molar-refractivity contribution >= 4 is 28.0 Å². The Hall–Kier alpha value is -3.04. The zero-order valence-corrected chi connectivity index (χ0v) is 18.8. The summed E-state index contributed by atoms with van der Waals surface area (Å²) in [5.74, 6) is 1.62. The summed E-state index contributed by atoms with van der Waals surface area (Å²) in [5, 5.41) is 5.88. The van der Waals surface area contributed by atoms with E-state index >= 15 is 0 Å². The van der Waals surface area contributed by atoms with E-state index in [1.54, 1.807) is 26.0 Å². The summed E-state index contributed by atoms with van der Waals surface area (Å²) in [6.07, 6.45) is 2.60. The van der Waals surface area contributed by atoms with E-state index < -0.39 is 0 Å². The summed E-state index contributed by atoms with van der Waals surface area (Å²) in [5.41, 5.74) is 6.36. The van der Waals surface area contributed by atoms with Gasteiger partial charge in [0.1, 0.15) is 5.69 Å². The number of hydrogen-bond donors (Lipinski definition) is 1. The Kier molecular flexibility index (Phi) is 6.96. The fraction of sp³-hybridized carbons (Fsp3) is 0.238. The average Bonchev–Trinajstić information content (AvgIpc) is 3.11. The lowest BCUT2D eigenvalue weighted by atomic mass is 10.1. The number of nitrogens with one attached hydrogen (secondary N) is 1. The molecule has 30 heavy (non-hydrogen) atoms. The second kappa shape index (κ2) is 9.64. The third-order valence-electron chi connectivity index (χ3n) is 4.47. The van der Waals surface area contributed by atoms with Gasteiger partial charge in [-0.1, -0.05) is 12.1 Å². The summed E-state index contributed by atoms with van der Waals surface area (Å²) in [6.45, 7) is 0.368. The maximum absolute atomic E-state index is 11.8. The summed E-state index contributed by atoms with van der Waals surface area (Å²) in [4.78, 5) is 11.8. The molecule has 0 saturated carbocycles. The second-order valence-electron chi connectivity index (χ2n) is 6.39. The summed E-state index contributed by atoms with van der Waals surface area (Å²) < 4.78 is 18.7. The van der Waals surface area contributed by atoms with Gasteiger partial charge >= 0.3 is 0 Å². The lowest BCUT2D eigenvalue weighted by Crippen LogP contribution is -2.36. The van der Waals surface area contributed by atoms with E-state index in [0.29, 0.717) is 29.5 Å². The molecule has 0 radical (unpaired) electrons. The van der Waals surface area contributed by atoms with Crippen molar-refractivity contribution in [2.45, 2.75) is 6.54 Å². The number of benzene rings is 2. The lowest BCUT2D eigenvalue weighted by molar-refractivity contribution is -0.108. The Balaban J connectivity index is 1.82. The van der Waals surface area contributed by atoms with Crippen molar-refractivity contribution in [3.05, 3.63) is 52.6 Å². The Labute approximate surface area is 183 Å². The fourth-order valence-electron chi connectivity index (χ4n) is 3.06. The molecule has 1 amide bonds. The molecule has 0 fully saturated rings. The van der Waals surface area contributed by atoms with Crippen LogP contribution in [-0.2, 0) is 18.4 Å². The molecular formula is C21H23BrN4O4. The zero-order valence-electron chi connectivity index (χ0n) is 17.2. The maximum Gasteiger partial charge on any atom is 0.228 e. The van der Waals surface area contributed by atoms with Crippen molar-refractivity contribution < 1.29 is 19.0 Å². The van der Waals surface area contributed by atoms with Gasteiger partial charge in [-0.3, -0.25) is 9.48 Å². The van der Waals surface area contributed by atoms with Gasteiger partial charge in [-0.15, -0.1) is 0 Å². The van der Waals surface area contributed by atoms with E-state index in [-0.39, 0.29) is 0 Å². The van der Waals surface area contributed by atoms with Crippen molar-refractivity contribution in [2.75, 3.05) is 26.3 Å². The minimum Gasteiger partial charge on any atom is -0.493 e. The minimum atomic E-state index is 0.368. The summed E-state index contributed by atoms with van der Waals surface area (Å²) in [7, 11) is 6.54. The number of hydrazine groups is 1. The van der Waals surface area contributed by atoms with E-state index in [9.17, 15) is 4.79 Å². The SMILES string of the molecule is COc1cc(CNN(C=O)c2cccc(-c3nn(C)cc3Br)c2)cc(OC)c1OC. The van der Waals surface area contributed by atoms with Gasteiger partial charge in [0.15, 0.2) is 11.5 Å². The minimum absolute atomic E-state index is 0.368. The first-order valence-electron chi connectivity index (χ1n) is 9.07. The van der Waals surface area contributed by atoms with Gasteiger partial charge in [-0.25, -0.2) is 10.4 Å². The highest BCUT2D eigenvalue weighted by molar-refractivity contribution is 9.10. The number of anilines is 1. The molecule has 0 aliphatic carbocycles. The molecule has 0 saturated heterocycles. The van der Waals surface area contributed by atoms with Crippen molar-refractivity contribution in [3.8, 4) is 28.5 Å². The first kappa shape index (κ1) is 21.7. The number of halogens is 1. The van der Waals surface area contributed by atoms with Gasteiger partial charge in [0, 0.05) is 25.4 Å². The van der Waals surface area contributed by atoms with E-state index in [0.717, 1.165) is 27.7 Å². The Morgan fingerprint density at radius 3 is 2.37 bits per heavy atom. The number of hydrogen-bond acceptors (Lipinski definition) is 6. The van der Waals surface area contributed by atoms with Crippen molar-refractivity contribution in [3.63, 3.8) is 0 Å². The molecule has 1 heterocycles. The third-order valence-corrected chi connectivity index (χ3v) is 5.05. The number of amides is 1. The molecule has 0 bridgehead atoms. The zero-order chi connectivity index (χ0) is 21.7. The van der Waals surface area contributed by atoms with E-state index in [4.69, 9.17) is 14.2 Å². The highest BCUT2D eigenvalue weighted by Gasteiger charge is 2.15. The summed E-state index contributed by atoms with van der Waals surface area (Å²) in [6, 6.07) is 11.2. The number of carbonyl (C=O) groups is 1. The predicted octanol–water partition coefficient (Wildman–Crippen LogP) is 3.54. The second-order valence-corrected chi connectivity index (χ2v) is 7.25. The molecule has 0 aliphatic rings. The van der Waals surface area contributed by atoms with Crippen LogP contribution in [0.3, 0.4) is 0 Å². The van der Waals surface area contributed by atoms with Crippen LogP contribution < -0.4 is 24.6 Å². The smallest absolute Gasteiger partial charge is 0.228 e. The van der Waals surface area contributed by atoms with Gasteiger partial charge in [0.05, 0.1) is 31.5 Å². The Morgan fingerprint density at radius 1 is 1.13 bits per heavy atom. The fourth-order valence-corrected chi connectivity index (χ4v) is 3.67. The lowest BCUT2D eigenvalue weighted by Gasteiger charge is -2.20. The molecule has 8 nitrogen and oxygen atoms in total. The molecule has 158 valence electrons. The standard InChI is InChI=1S/C21H23BrN4O4/c1-25-12-17(22)20(24-25)15-6-5-7-16(10-15)26(13-27)23-11-14-8-18(28-2)21(30-4)19(9-14)29-3/h5-10,12-13,23H,11H2,1-4H3. The molecular weight excluding hydrogens is 452 g/mol. The molecule has 9 heteroatoms. The molecule has 3 aromatic rings. The third kappa shape index (κ3) is 4.58. The molecule has 0 aliphatic heterocycles. The van der Waals surface area contributed by atoms with Crippen molar-refractivity contribution in [1.29, 1.82) is 0 Å². The number of aromatic nitrogens is 2. The summed E-state index contributed by atoms with van der Waals surface area (Å²) >= 11 is 3.52. The van der Waals surface area contributed by atoms with Gasteiger partial charge in [0.25, 0.3) is 0 Å². The number of carbonyl (C=O) groups excluding carboxylic acids is 1. The topological polar surface area (TPSA) is 77.9 Å². The number of rotatable bonds is 9. The van der Waals surface area contributed by atoms with Crippen LogP contribution in [0.2, 0.25) is 0 Å². The van der Waals surface area contributed by atoms with E-state index in [2.05, 4.69) is 26.5 Å². The van der Waals surface area contributed by atoms with Crippen LogP contribution in [0.15, 0.2) is 47.1 Å². The van der Waals surface area contributed by atoms with Gasteiger partial charge < -0.3 is 14.2 Å². The molecule has 0 spiro atoms. The van der Waals surface area contributed by atoms with E-state index in [1.165, 1.54) is 5.01 Å². The van der Waals surface area contributed by atoms with Gasteiger partial charge in [0.2, 0.25) is 12.2 Å². The van der Waals surface area contributed by atoms with Crippen LogP contribution in [-0.4, -0.2) is 37.5 Å². The number of nitrogens with zero attached hydrogens (tertiary/aromatic N) is 3. The highest BCUT2D eigenvalue weighted by atomic mass is 79.9. The largest absolute Gasteiger partial charge is 0.493 e. The Bertz CT molecular complexity index is 1010. The molecule has 0 atom stereocenters. The molecule has 3 rings (SSSR count). The molecule has 0 unspecified atom stereocenters. The van der Waals surface area contributed by atoms with Crippen LogP contribution in [0.25, 0.3) is 11.3 Å². The van der Waals surface area contributed by atoms with Crippen molar-refractivity contribution in [1.82, 2.24) is 15.2 Å². The van der Waals surface area contributed by atoms with Crippen molar-refractivity contribution in [2.24, 2.45) is 7.05 Å². The maximum atomic E-state index is 11.8. The monoisotopic (exact) mass is 474 g/mol. The highest BCUT2D eigenvalue weighted by Crippen LogP contribution is 2.38. The number of ether oxygens (including phenoxy) is 3. The molecule has 1 aromatic heterocycles. The van der Waals surface area contributed by atoms with Gasteiger partial charge in [-0.2, -0.15) is 5.10 Å². The van der Waals surface area contributed by atoms with E-state index in [1.807, 2.05) is 49.6 Å². The first-order valence-corrected chi connectivity index (χ1v) is 9.86. The molecule has 2 aromatic carbocycles. The average molecular weight is 475 g/mol. The molecule has 1 N–H and O–H groups in total. The number of methoxy groups -OCH3 is 3. The van der Waals surface area contributed by atoms with Crippen LogP contribution in [0.1, 0.15) is 5.56 Å². The first-order chi connectivity index (χ1) is 14.5. The van der Waals surface area contributed by atoms with Crippen LogP contribution in [0, 0.1) is 0 Å². The van der Waals surface area contributed by atoms with Crippen LogP contribution in [0.5, 0.6) is 17.2 Å². The Morgan fingerprint density at radius 2 is 1.83 bits per heavy atom.